The lowest BCUT2D eigenvalue weighted by Crippen LogP contribution is -2.03. The summed E-state index contributed by atoms with van der Waals surface area (Å²) in [5.41, 5.74) is 2.13. The minimum atomic E-state index is -0.887. The van der Waals surface area contributed by atoms with Gasteiger partial charge in [-0.05, 0) is 25.8 Å². The monoisotopic (exact) mass is 276 g/mol. The number of aryl methyl sites for hydroxylation is 1. The van der Waals surface area contributed by atoms with Crippen molar-refractivity contribution in [3.8, 4) is 0 Å². The smallest absolute Gasteiger partial charge is 0.336 e. The second kappa shape index (κ2) is 7.73. The van der Waals surface area contributed by atoms with Crippen LogP contribution in [0.1, 0.15) is 63.2 Å². The zero-order chi connectivity index (χ0) is 15.1. The number of rotatable bonds is 7. The van der Waals surface area contributed by atoms with Crippen molar-refractivity contribution < 1.29 is 14.3 Å². The van der Waals surface area contributed by atoms with Gasteiger partial charge in [0.2, 0.25) is 0 Å². The van der Waals surface area contributed by atoms with E-state index in [1.54, 1.807) is 6.08 Å². The van der Waals surface area contributed by atoms with Gasteiger partial charge >= 0.3 is 5.97 Å². The largest absolute Gasteiger partial charge is 0.478 e. The highest BCUT2D eigenvalue weighted by atomic mass is 16.4. The Hall–Kier alpha value is -1.77. The summed E-state index contributed by atoms with van der Waals surface area (Å²) in [6, 6.07) is 0. The first-order valence-corrected chi connectivity index (χ1v) is 7.31. The van der Waals surface area contributed by atoms with E-state index in [1.807, 2.05) is 39.8 Å². The number of hydrogen-bond donors (Lipinski definition) is 1. The maximum atomic E-state index is 11.6. The minimum absolute atomic E-state index is 0.361. The van der Waals surface area contributed by atoms with Gasteiger partial charge in [0.15, 0.2) is 0 Å². The standard InChI is InChI=1S/C17H24O3/c1-5-9-11-13(17(18)19)16-12(7-3)14(8-4)20-15(16)10-6-2/h6,10-11H,5,7-9H2,1-4H3,(H,18,19)/b10-6-,13-11-. The van der Waals surface area contributed by atoms with Crippen molar-refractivity contribution in [2.24, 2.45) is 0 Å². The molecule has 1 heterocycles. The van der Waals surface area contributed by atoms with E-state index in [-0.39, 0.29) is 0 Å². The van der Waals surface area contributed by atoms with Crippen LogP contribution in [0.5, 0.6) is 0 Å². The number of aliphatic carboxylic acids is 1. The van der Waals surface area contributed by atoms with Crippen LogP contribution < -0.4 is 0 Å². The van der Waals surface area contributed by atoms with Gasteiger partial charge in [-0.1, -0.05) is 39.3 Å². The summed E-state index contributed by atoms with van der Waals surface area (Å²) in [5, 5.41) is 9.51. The molecule has 0 aromatic carbocycles. The molecule has 20 heavy (non-hydrogen) atoms. The Bertz CT molecular complexity index is 519. The molecule has 0 fully saturated rings. The third kappa shape index (κ3) is 3.41. The van der Waals surface area contributed by atoms with E-state index in [0.717, 1.165) is 42.6 Å². The first kappa shape index (κ1) is 16.3. The van der Waals surface area contributed by atoms with E-state index < -0.39 is 5.97 Å². The lowest BCUT2D eigenvalue weighted by atomic mass is 9.96. The highest BCUT2D eigenvalue weighted by Crippen LogP contribution is 2.32. The molecule has 1 aromatic heterocycles. The Morgan fingerprint density at radius 1 is 1.25 bits per heavy atom. The Morgan fingerprint density at radius 2 is 1.95 bits per heavy atom. The second-order valence-electron chi connectivity index (χ2n) is 4.66. The van der Waals surface area contributed by atoms with Crippen LogP contribution in [0.4, 0.5) is 0 Å². The summed E-state index contributed by atoms with van der Waals surface area (Å²) in [6.07, 6.45) is 8.75. The average Bonchev–Trinajstić information content (AvgIpc) is 2.77. The van der Waals surface area contributed by atoms with Crippen molar-refractivity contribution in [1.82, 2.24) is 0 Å². The molecular formula is C17H24O3. The number of furan rings is 1. The molecule has 0 spiro atoms. The quantitative estimate of drug-likeness (QED) is 0.734. The van der Waals surface area contributed by atoms with E-state index in [2.05, 4.69) is 0 Å². The number of carboxylic acids is 1. The third-order valence-electron chi connectivity index (χ3n) is 3.25. The van der Waals surface area contributed by atoms with Gasteiger partial charge in [0.05, 0.1) is 5.57 Å². The Morgan fingerprint density at radius 3 is 2.40 bits per heavy atom. The molecule has 0 saturated carbocycles. The predicted molar refractivity (Wildman–Crippen MR) is 82.7 cm³/mol. The molecule has 0 unspecified atom stereocenters. The van der Waals surface area contributed by atoms with Crippen LogP contribution in [-0.4, -0.2) is 11.1 Å². The van der Waals surface area contributed by atoms with Crippen LogP contribution in [-0.2, 0) is 17.6 Å². The van der Waals surface area contributed by atoms with Gasteiger partial charge in [0.25, 0.3) is 0 Å². The van der Waals surface area contributed by atoms with Crippen molar-refractivity contribution >= 4 is 17.6 Å². The molecule has 1 N–H and O–H groups in total. The lowest BCUT2D eigenvalue weighted by Gasteiger charge is -2.05. The van der Waals surface area contributed by atoms with Crippen LogP contribution in [0, 0.1) is 0 Å². The number of carbonyl (C=O) groups is 1. The van der Waals surface area contributed by atoms with Gasteiger partial charge in [-0.2, -0.15) is 0 Å². The van der Waals surface area contributed by atoms with Gasteiger partial charge in [-0.3, -0.25) is 0 Å². The molecule has 0 radical (unpaired) electrons. The third-order valence-corrected chi connectivity index (χ3v) is 3.25. The summed E-state index contributed by atoms with van der Waals surface area (Å²) in [7, 11) is 0. The number of unbranched alkanes of at least 4 members (excludes halogenated alkanes) is 1. The highest BCUT2D eigenvalue weighted by molar-refractivity contribution is 6.16. The summed E-state index contributed by atoms with van der Waals surface area (Å²) < 4.78 is 5.85. The van der Waals surface area contributed by atoms with Crippen molar-refractivity contribution in [1.29, 1.82) is 0 Å². The molecule has 0 atom stereocenters. The topological polar surface area (TPSA) is 50.4 Å². The number of allylic oxidation sites excluding steroid dienone is 2. The molecule has 1 aromatic rings. The fourth-order valence-corrected chi connectivity index (χ4v) is 2.34. The zero-order valence-electron chi connectivity index (χ0n) is 12.8. The molecule has 0 aliphatic heterocycles. The van der Waals surface area contributed by atoms with Gasteiger partial charge in [0.1, 0.15) is 11.5 Å². The number of hydrogen-bond acceptors (Lipinski definition) is 2. The van der Waals surface area contributed by atoms with E-state index in [0.29, 0.717) is 11.3 Å². The predicted octanol–water partition coefficient (Wildman–Crippen LogP) is 4.71. The zero-order valence-corrected chi connectivity index (χ0v) is 12.8. The fourth-order valence-electron chi connectivity index (χ4n) is 2.34. The molecule has 3 heteroatoms. The Labute approximate surface area is 121 Å². The van der Waals surface area contributed by atoms with E-state index in [4.69, 9.17) is 4.42 Å². The molecular weight excluding hydrogens is 252 g/mol. The van der Waals surface area contributed by atoms with E-state index in [9.17, 15) is 9.90 Å². The normalized spacial score (nSPS) is 12.3. The van der Waals surface area contributed by atoms with Crippen molar-refractivity contribution in [3.05, 3.63) is 34.8 Å². The van der Waals surface area contributed by atoms with Crippen LogP contribution in [0.3, 0.4) is 0 Å². The van der Waals surface area contributed by atoms with Crippen molar-refractivity contribution in [2.75, 3.05) is 0 Å². The first-order chi connectivity index (χ1) is 9.60. The van der Waals surface area contributed by atoms with Crippen LogP contribution >= 0.6 is 0 Å². The van der Waals surface area contributed by atoms with E-state index >= 15 is 0 Å². The molecule has 3 nitrogen and oxygen atoms in total. The highest BCUT2D eigenvalue weighted by Gasteiger charge is 2.23. The molecule has 0 aliphatic carbocycles. The van der Waals surface area contributed by atoms with Crippen LogP contribution in [0.2, 0.25) is 0 Å². The lowest BCUT2D eigenvalue weighted by molar-refractivity contribution is -0.130. The van der Waals surface area contributed by atoms with E-state index in [1.165, 1.54) is 0 Å². The van der Waals surface area contributed by atoms with Crippen molar-refractivity contribution in [2.45, 2.75) is 53.4 Å². The van der Waals surface area contributed by atoms with Gasteiger partial charge in [-0.15, -0.1) is 0 Å². The maximum Gasteiger partial charge on any atom is 0.336 e. The van der Waals surface area contributed by atoms with Crippen molar-refractivity contribution in [3.63, 3.8) is 0 Å². The average molecular weight is 276 g/mol. The first-order valence-electron chi connectivity index (χ1n) is 7.31. The summed E-state index contributed by atoms with van der Waals surface area (Å²) >= 11 is 0. The summed E-state index contributed by atoms with van der Waals surface area (Å²) in [5.74, 6) is 0.660. The Balaban J connectivity index is 3.52. The fraction of sp³-hybridized carbons (Fsp3) is 0.471. The second-order valence-corrected chi connectivity index (χ2v) is 4.66. The van der Waals surface area contributed by atoms with Crippen LogP contribution in [0.15, 0.2) is 16.6 Å². The number of carboxylic acid groups (broad SMARTS) is 1. The van der Waals surface area contributed by atoms with Gasteiger partial charge in [-0.25, -0.2) is 4.79 Å². The summed E-state index contributed by atoms with van der Waals surface area (Å²) in [4.78, 5) is 11.6. The molecule has 0 amide bonds. The Kier molecular flexibility index (Phi) is 6.29. The molecule has 0 bridgehead atoms. The molecule has 0 saturated heterocycles. The summed E-state index contributed by atoms with van der Waals surface area (Å²) in [6.45, 7) is 8.00. The molecule has 110 valence electrons. The molecule has 0 aliphatic rings. The van der Waals surface area contributed by atoms with Gasteiger partial charge < -0.3 is 9.52 Å². The minimum Gasteiger partial charge on any atom is -0.478 e. The SMILES string of the molecule is C/C=C\c1oc(CC)c(CC)c1/C(=C/CCC)C(=O)O. The van der Waals surface area contributed by atoms with Gasteiger partial charge in [0, 0.05) is 17.5 Å². The maximum absolute atomic E-state index is 11.6. The van der Waals surface area contributed by atoms with Crippen LogP contribution in [0.25, 0.3) is 11.6 Å². The molecule has 1 rings (SSSR count).